The Balaban J connectivity index is 1.81. The first-order chi connectivity index (χ1) is 14.7. The van der Waals surface area contributed by atoms with Gasteiger partial charge in [-0.15, -0.1) is 0 Å². The van der Waals surface area contributed by atoms with Gasteiger partial charge in [-0.3, -0.25) is 0 Å². The van der Waals surface area contributed by atoms with Crippen molar-refractivity contribution < 1.29 is 44.4 Å². The molecule has 0 saturated carbocycles. The number of ether oxygens (including phenoxy) is 3. The Hall–Kier alpha value is -0.663. The molecule has 0 N–H and O–H groups in total. The summed E-state index contributed by atoms with van der Waals surface area (Å²) in [5.74, 6) is -1.19. The number of fused-ring (bicyclic) bond motifs is 3. The summed E-state index contributed by atoms with van der Waals surface area (Å²) < 4.78 is 93.6. The van der Waals surface area contributed by atoms with Crippen LogP contribution in [0.15, 0.2) is 11.8 Å². The SMILES string of the molecule is CC1(C)O[C@H]2[C@@H](O1)[C@@]13O[C@@H]2C[C@]1(C)C(OS(=O)(=O)C(F)(F)F)=CC[C@H]3O[Si](C)(C)C(C)(C)C. The van der Waals surface area contributed by atoms with Crippen molar-refractivity contribution in [2.75, 3.05) is 0 Å². The monoisotopic (exact) mass is 514 g/mol. The van der Waals surface area contributed by atoms with Crippen LogP contribution in [0.1, 0.15) is 54.4 Å². The summed E-state index contributed by atoms with van der Waals surface area (Å²) in [5.41, 5.74) is -8.01. The molecule has 0 radical (unpaired) electrons. The van der Waals surface area contributed by atoms with E-state index in [1.165, 1.54) is 6.08 Å². The lowest BCUT2D eigenvalue weighted by molar-refractivity contribution is -0.226. The van der Waals surface area contributed by atoms with Crippen molar-refractivity contribution in [2.24, 2.45) is 5.41 Å². The van der Waals surface area contributed by atoms with Crippen molar-refractivity contribution in [3.05, 3.63) is 11.8 Å². The van der Waals surface area contributed by atoms with Gasteiger partial charge in [0, 0.05) is 0 Å². The van der Waals surface area contributed by atoms with Gasteiger partial charge in [0.15, 0.2) is 14.1 Å². The van der Waals surface area contributed by atoms with Crippen LogP contribution in [-0.2, 0) is 32.9 Å². The number of hydrogen-bond acceptors (Lipinski definition) is 7. The van der Waals surface area contributed by atoms with Crippen LogP contribution < -0.4 is 0 Å². The van der Waals surface area contributed by atoms with Crippen LogP contribution >= 0.6 is 0 Å². The highest BCUT2D eigenvalue weighted by Gasteiger charge is 2.79. The van der Waals surface area contributed by atoms with Crippen molar-refractivity contribution in [1.82, 2.24) is 0 Å². The standard InChI is InChI=1S/C21H33F3O7SSi/c1-17(2,3)33(7,8)31-14-10-9-13(30-32(25,26)21(22,23)24)19(6)11-12-15-16(20(14,19)27-12)29-18(4,5)28-15/h9,12,14-16H,10-11H2,1-8H3/t12-,14-,15-,16-,19-,20-/m1/s1. The molecule has 190 valence electrons. The second-order valence-corrected chi connectivity index (χ2v) is 18.0. The fourth-order valence-electron chi connectivity index (χ4n) is 5.42. The summed E-state index contributed by atoms with van der Waals surface area (Å²) in [6.07, 6.45) is -0.377. The first-order valence-corrected chi connectivity index (χ1v) is 15.4. The van der Waals surface area contributed by atoms with Crippen LogP contribution in [0.3, 0.4) is 0 Å². The molecule has 33 heavy (non-hydrogen) atoms. The van der Waals surface area contributed by atoms with Crippen LogP contribution in [0.25, 0.3) is 0 Å². The normalized spacial score (nSPS) is 40.4. The molecule has 0 aromatic rings. The topological polar surface area (TPSA) is 80.3 Å². The molecule has 2 bridgehead atoms. The van der Waals surface area contributed by atoms with E-state index in [-0.39, 0.29) is 23.6 Å². The molecule has 12 heteroatoms. The van der Waals surface area contributed by atoms with E-state index in [1.807, 2.05) is 0 Å². The largest absolute Gasteiger partial charge is 0.534 e. The zero-order valence-electron chi connectivity index (χ0n) is 20.2. The number of halogens is 3. The van der Waals surface area contributed by atoms with Crippen molar-refractivity contribution in [3.63, 3.8) is 0 Å². The van der Waals surface area contributed by atoms with E-state index >= 15 is 0 Å². The Morgan fingerprint density at radius 2 is 1.70 bits per heavy atom. The maximum atomic E-state index is 13.2. The second-order valence-electron chi connectivity index (χ2n) is 11.7. The Morgan fingerprint density at radius 1 is 1.09 bits per heavy atom. The second kappa shape index (κ2) is 6.97. The summed E-state index contributed by atoms with van der Waals surface area (Å²) in [6.45, 7) is 15.7. The van der Waals surface area contributed by atoms with Crippen molar-refractivity contribution in [2.45, 2.75) is 114 Å². The van der Waals surface area contributed by atoms with E-state index in [0.717, 1.165) is 0 Å². The number of alkyl halides is 3. The van der Waals surface area contributed by atoms with Crippen LogP contribution in [0.2, 0.25) is 18.1 Å². The third-order valence-corrected chi connectivity index (χ3v) is 13.5. The Bertz CT molecular complexity index is 971. The maximum absolute atomic E-state index is 13.2. The van der Waals surface area contributed by atoms with Crippen LogP contribution in [-0.4, -0.2) is 58.0 Å². The van der Waals surface area contributed by atoms with Gasteiger partial charge in [0.1, 0.15) is 23.6 Å². The van der Waals surface area contributed by atoms with Gasteiger partial charge in [-0.25, -0.2) is 0 Å². The predicted octanol–water partition coefficient (Wildman–Crippen LogP) is 4.60. The highest BCUT2D eigenvalue weighted by atomic mass is 32.2. The summed E-state index contributed by atoms with van der Waals surface area (Å²) >= 11 is 0. The molecule has 4 rings (SSSR count). The van der Waals surface area contributed by atoms with Gasteiger partial charge >= 0.3 is 15.6 Å². The van der Waals surface area contributed by atoms with Gasteiger partial charge in [0.2, 0.25) is 0 Å². The van der Waals surface area contributed by atoms with Gasteiger partial charge in [-0.05, 0) is 57.8 Å². The van der Waals surface area contributed by atoms with E-state index in [1.54, 1.807) is 20.8 Å². The molecule has 3 aliphatic heterocycles. The molecular weight excluding hydrogens is 481 g/mol. The minimum Gasteiger partial charge on any atom is -0.411 e. The summed E-state index contributed by atoms with van der Waals surface area (Å²) in [7, 11) is -8.20. The maximum Gasteiger partial charge on any atom is 0.534 e. The molecule has 0 unspecified atom stereocenters. The zero-order chi connectivity index (χ0) is 25.0. The Morgan fingerprint density at radius 3 is 2.24 bits per heavy atom. The third-order valence-electron chi connectivity index (χ3n) is 8.00. The minimum absolute atomic E-state index is 0.130. The van der Waals surface area contributed by atoms with Crippen LogP contribution in [0.4, 0.5) is 13.2 Å². The van der Waals surface area contributed by atoms with Gasteiger partial charge < -0.3 is 22.8 Å². The van der Waals surface area contributed by atoms with Gasteiger partial charge in [0.25, 0.3) is 0 Å². The van der Waals surface area contributed by atoms with Gasteiger partial charge in [-0.1, -0.05) is 20.8 Å². The van der Waals surface area contributed by atoms with E-state index < -0.39 is 65.2 Å². The van der Waals surface area contributed by atoms with Gasteiger partial charge in [-0.2, -0.15) is 21.6 Å². The predicted molar refractivity (Wildman–Crippen MR) is 115 cm³/mol. The highest BCUT2D eigenvalue weighted by molar-refractivity contribution is 7.87. The first kappa shape index (κ1) is 25.4. The first-order valence-electron chi connectivity index (χ1n) is 11.1. The molecule has 1 spiro atoms. The Kier molecular flexibility index (Phi) is 5.37. The third kappa shape index (κ3) is 3.54. The van der Waals surface area contributed by atoms with Crippen molar-refractivity contribution in [1.29, 1.82) is 0 Å². The molecule has 4 aliphatic rings. The average Bonchev–Trinajstić information content (AvgIpc) is 3.19. The van der Waals surface area contributed by atoms with E-state index in [4.69, 9.17) is 22.8 Å². The quantitative estimate of drug-likeness (QED) is 0.308. The zero-order valence-corrected chi connectivity index (χ0v) is 22.0. The lowest BCUT2D eigenvalue weighted by Gasteiger charge is -2.54. The minimum atomic E-state index is -5.84. The fourth-order valence-corrected chi connectivity index (χ4v) is 7.34. The Labute approximate surface area is 194 Å². The molecule has 3 saturated heterocycles. The molecule has 1 aliphatic carbocycles. The number of rotatable bonds is 4. The molecule has 7 nitrogen and oxygen atoms in total. The number of hydrogen-bond donors (Lipinski definition) is 0. The van der Waals surface area contributed by atoms with Crippen LogP contribution in [0, 0.1) is 5.41 Å². The summed E-state index contributed by atoms with van der Waals surface area (Å²) in [5, 5.41) is -0.136. The lowest BCUT2D eigenvalue weighted by atomic mass is 9.58. The van der Waals surface area contributed by atoms with E-state index in [2.05, 4.69) is 33.9 Å². The van der Waals surface area contributed by atoms with E-state index in [9.17, 15) is 21.6 Å². The lowest BCUT2D eigenvalue weighted by Crippen LogP contribution is -2.67. The molecule has 6 atom stereocenters. The molecule has 3 heterocycles. The smallest absolute Gasteiger partial charge is 0.411 e. The molecule has 0 aromatic carbocycles. The molecule has 0 amide bonds. The molecule has 3 fully saturated rings. The summed E-state index contributed by atoms with van der Waals surface area (Å²) in [4.78, 5) is 0. The highest BCUT2D eigenvalue weighted by Crippen LogP contribution is 2.67. The summed E-state index contributed by atoms with van der Waals surface area (Å²) in [6, 6.07) is 0. The van der Waals surface area contributed by atoms with Crippen molar-refractivity contribution in [3.8, 4) is 0 Å². The van der Waals surface area contributed by atoms with Crippen LogP contribution in [0.5, 0.6) is 0 Å². The van der Waals surface area contributed by atoms with Gasteiger partial charge in [0.05, 0.1) is 17.6 Å². The average molecular weight is 515 g/mol. The molecular formula is C21H33F3O7SSi. The molecule has 0 aromatic heterocycles. The van der Waals surface area contributed by atoms with E-state index in [0.29, 0.717) is 0 Å². The fraction of sp³-hybridized carbons (Fsp3) is 0.905. The van der Waals surface area contributed by atoms with Crippen molar-refractivity contribution >= 4 is 18.4 Å².